The number of rotatable bonds is 4. The third-order valence-electron chi connectivity index (χ3n) is 4.50. The summed E-state index contributed by atoms with van der Waals surface area (Å²) in [6.45, 7) is 3.13. The molecule has 1 heterocycles. The van der Waals surface area contributed by atoms with E-state index in [9.17, 15) is 13.2 Å². The molecule has 1 N–H and O–H groups in total. The maximum atomic E-state index is 12.8. The molecule has 2 aromatic carbocycles. The summed E-state index contributed by atoms with van der Waals surface area (Å²) in [5.74, 6) is -0.0180. The summed E-state index contributed by atoms with van der Waals surface area (Å²) in [5, 5.41) is 4.12. The third-order valence-corrected chi connectivity index (χ3v) is 7.02. The van der Waals surface area contributed by atoms with Crippen LogP contribution in [-0.2, 0) is 10.0 Å². The molecule has 2 aromatic rings. The number of ketones is 1. The zero-order valence-electron chi connectivity index (χ0n) is 15.3. The highest BCUT2D eigenvalue weighted by molar-refractivity contribution is 7.89. The Bertz CT molecular complexity index is 986. The predicted octanol–water partition coefficient (Wildman–Crippen LogP) is 3.25. The van der Waals surface area contributed by atoms with E-state index in [0.717, 1.165) is 5.69 Å². The molecule has 0 aliphatic carbocycles. The molecule has 0 aromatic heterocycles. The van der Waals surface area contributed by atoms with Gasteiger partial charge in [0.25, 0.3) is 0 Å². The van der Waals surface area contributed by atoms with Crippen molar-refractivity contribution in [3.63, 3.8) is 0 Å². The van der Waals surface area contributed by atoms with E-state index in [-0.39, 0.29) is 10.7 Å². The van der Waals surface area contributed by atoms with Gasteiger partial charge in [0, 0.05) is 42.5 Å². The Morgan fingerprint density at radius 1 is 1.07 bits per heavy atom. The van der Waals surface area contributed by atoms with Crippen LogP contribution in [0.25, 0.3) is 0 Å². The van der Waals surface area contributed by atoms with Gasteiger partial charge >= 0.3 is 0 Å². The Morgan fingerprint density at radius 2 is 1.71 bits per heavy atom. The number of nitrogens with one attached hydrogen (secondary N) is 1. The summed E-state index contributed by atoms with van der Waals surface area (Å²) in [6.07, 6.45) is 0. The second-order valence-corrected chi connectivity index (χ2v) is 9.17. The van der Waals surface area contributed by atoms with Crippen molar-refractivity contribution < 1.29 is 13.2 Å². The molecule has 1 fully saturated rings. The zero-order chi connectivity index (χ0) is 20.3. The number of anilines is 1. The summed E-state index contributed by atoms with van der Waals surface area (Å²) in [4.78, 5) is 13.7. The monoisotopic (exact) mass is 437 g/mol. The highest BCUT2D eigenvalue weighted by Gasteiger charge is 2.29. The molecule has 0 bridgehead atoms. The van der Waals surface area contributed by atoms with Gasteiger partial charge in [0.2, 0.25) is 10.0 Å². The second-order valence-electron chi connectivity index (χ2n) is 6.41. The van der Waals surface area contributed by atoms with Gasteiger partial charge in [0.05, 0.1) is 4.90 Å². The molecule has 148 valence electrons. The molecule has 1 aliphatic rings. The average Bonchev–Trinajstić information content (AvgIpc) is 2.68. The van der Waals surface area contributed by atoms with Crippen molar-refractivity contribution in [1.29, 1.82) is 0 Å². The Labute approximate surface area is 175 Å². The van der Waals surface area contributed by atoms with Crippen LogP contribution in [0.5, 0.6) is 0 Å². The van der Waals surface area contributed by atoms with Crippen LogP contribution in [0.1, 0.15) is 17.3 Å². The number of halogens is 1. The van der Waals surface area contributed by atoms with E-state index in [1.165, 1.54) is 23.4 Å². The Morgan fingerprint density at radius 3 is 2.32 bits per heavy atom. The number of carbonyl (C=O) groups excluding carboxylic acids is 1. The van der Waals surface area contributed by atoms with Gasteiger partial charge in [-0.1, -0.05) is 23.7 Å². The molecule has 0 unspecified atom stereocenters. The van der Waals surface area contributed by atoms with E-state index in [1.54, 1.807) is 30.3 Å². The lowest BCUT2D eigenvalue weighted by Gasteiger charge is -2.35. The maximum Gasteiger partial charge on any atom is 0.243 e. The van der Waals surface area contributed by atoms with E-state index in [2.05, 4.69) is 5.32 Å². The SMILES string of the molecule is CC(=O)c1cccc(NC(=S)N2CCN(S(=O)(=O)c3ccc(Cl)cc3)CC2)c1. The van der Waals surface area contributed by atoms with Crippen LogP contribution >= 0.6 is 23.8 Å². The summed E-state index contributed by atoms with van der Waals surface area (Å²) in [5.41, 5.74) is 1.33. The average molecular weight is 438 g/mol. The quantitative estimate of drug-likeness (QED) is 0.585. The fraction of sp³-hybridized carbons (Fsp3) is 0.263. The predicted molar refractivity (Wildman–Crippen MR) is 114 cm³/mol. The van der Waals surface area contributed by atoms with Crippen molar-refractivity contribution in [3.8, 4) is 0 Å². The number of hydrogen-bond acceptors (Lipinski definition) is 4. The molecule has 1 saturated heterocycles. The normalized spacial score (nSPS) is 15.3. The smallest absolute Gasteiger partial charge is 0.243 e. The molecular weight excluding hydrogens is 418 g/mol. The molecule has 0 saturated carbocycles. The van der Waals surface area contributed by atoms with Crippen LogP contribution in [0.3, 0.4) is 0 Å². The van der Waals surface area contributed by atoms with Crippen molar-refractivity contribution in [2.45, 2.75) is 11.8 Å². The number of sulfonamides is 1. The molecule has 28 heavy (non-hydrogen) atoms. The van der Waals surface area contributed by atoms with Crippen molar-refractivity contribution >= 4 is 50.4 Å². The highest BCUT2D eigenvalue weighted by Crippen LogP contribution is 2.20. The standard InChI is InChI=1S/C19H20ClN3O3S2/c1-14(24)15-3-2-4-17(13-15)21-19(27)22-9-11-23(12-10-22)28(25,26)18-7-5-16(20)6-8-18/h2-8,13H,9-12H2,1H3,(H,21,27). The Kier molecular flexibility index (Phi) is 6.34. The van der Waals surface area contributed by atoms with Crippen LogP contribution in [0.15, 0.2) is 53.4 Å². The largest absolute Gasteiger partial charge is 0.346 e. The summed E-state index contributed by atoms with van der Waals surface area (Å²) in [7, 11) is -3.56. The van der Waals surface area contributed by atoms with Gasteiger partial charge in [0.1, 0.15) is 0 Å². The Balaban J connectivity index is 1.62. The molecule has 1 aliphatic heterocycles. The van der Waals surface area contributed by atoms with Crippen LogP contribution in [0, 0.1) is 0 Å². The first-order valence-corrected chi connectivity index (χ1v) is 10.9. The van der Waals surface area contributed by atoms with Crippen LogP contribution in [-0.4, -0.2) is 54.7 Å². The lowest BCUT2D eigenvalue weighted by atomic mass is 10.1. The number of hydrogen-bond donors (Lipinski definition) is 1. The number of piperazine rings is 1. The van der Waals surface area contributed by atoms with Gasteiger partial charge in [0.15, 0.2) is 10.9 Å². The lowest BCUT2D eigenvalue weighted by Crippen LogP contribution is -2.51. The second kappa shape index (κ2) is 8.57. The first kappa shape index (κ1) is 20.7. The Hall–Kier alpha value is -2.00. The first-order valence-electron chi connectivity index (χ1n) is 8.70. The topological polar surface area (TPSA) is 69.7 Å². The fourth-order valence-electron chi connectivity index (χ4n) is 2.91. The van der Waals surface area contributed by atoms with E-state index in [0.29, 0.717) is 41.9 Å². The van der Waals surface area contributed by atoms with Gasteiger partial charge in [-0.15, -0.1) is 0 Å². The van der Waals surface area contributed by atoms with Gasteiger partial charge in [-0.25, -0.2) is 8.42 Å². The van der Waals surface area contributed by atoms with Crippen molar-refractivity contribution in [2.24, 2.45) is 0 Å². The number of benzene rings is 2. The molecule has 9 heteroatoms. The van der Waals surface area contributed by atoms with Crippen LogP contribution in [0.4, 0.5) is 5.69 Å². The minimum absolute atomic E-state index is 0.0180. The van der Waals surface area contributed by atoms with E-state index >= 15 is 0 Å². The fourth-order valence-corrected chi connectivity index (χ4v) is 4.75. The molecule has 0 spiro atoms. The van der Waals surface area contributed by atoms with Gasteiger partial charge in [-0.05, 0) is 55.5 Å². The number of Topliss-reactive ketones (excluding diaryl/α,β-unsaturated/α-hetero) is 1. The third kappa shape index (κ3) is 4.70. The minimum Gasteiger partial charge on any atom is -0.346 e. The van der Waals surface area contributed by atoms with Crippen molar-refractivity contribution in [3.05, 3.63) is 59.1 Å². The molecule has 0 atom stereocenters. The van der Waals surface area contributed by atoms with E-state index in [4.69, 9.17) is 23.8 Å². The van der Waals surface area contributed by atoms with Crippen LogP contribution in [0.2, 0.25) is 5.02 Å². The molecule has 0 radical (unpaired) electrons. The molecule has 3 rings (SSSR count). The van der Waals surface area contributed by atoms with Crippen molar-refractivity contribution in [2.75, 3.05) is 31.5 Å². The summed E-state index contributed by atoms with van der Waals surface area (Å²) < 4.78 is 27.0. The lowest BCUT2D eigenvalue weighted by molar-refractivity contribution is 0.101. The van der Waals surface area contributed by atoms with E-state index < -0.39 is 10.0 Å². The van der Waals surface area contributed by atoms with Crippen molar-refractivity contribution in [1.82, 2.24) is 9.21 Å². The highest BCUT2D eigenvalue weighted by atomic mass is 35.5. The first-order chi connectivity index (χ1) is 13.3. The maximum absolute atomic E-state index is 12.8. The minimum atomic E-state index is -3.56. The summed E-state index contributed by atoms with van der Waals surface area (Å²) in [6, 6.07) is 13.3. The van der Waals surface area contributed by atoms with E-state index in [1.807, 2.05) is 11.0 Å². The van der Waals surface area contributed by atoms with Gasteiger partial charge in [-0.3, -0.25) is 4.79 Å². The molecule has 6 nitrogen and oxygen atoms in total. The number of nitrogens with zero attached hydrogens (tertiary/aromatic N) is 2. The molecule has 0 amide bonds. The van der Waals surface area contributed by atoms with Gasteiger partial charge in [-0.2, -0.15) is 4.31 Å². The number of thiocarbonyl (C=S) groups is 1. The summed E-state index contributed by atoms with van der Waals surface area (Å²) >= 11 is 11.3. The zero-order valence-corrected chi connectivity index (χ0v) is 17.6. The van der Waals surface area contributed by atoms with Gasteiger partial charge < -0.3 is 10.2 Å². The number of carbonyl (C=O) groups is 1. The molecular formula is C19H20ClN3O3S2. The van der Waals surface area contributed by atoms with Crippen LogP contribution < -0.4 is 5.32 Å².